The molecule has 1 aromatic heterocycles. The molecule has 0 N–H and O–H groups in total. The van der Waals surface area contributed by atoms with E-state index in [0.29, 0.717) is 12.5 Å². The molecule has 0 aliphatic rings. The minimum Gasteiger partial charge on any atom is -0.494 e. The fourth-order valence-electron chi connectivity index (χ4n) is 2.11. The van der Waals surface area contributed by atoms with Crippen molar-refractivity contribution in [2.75, 3.05) is 19.8 Å². The van der Waals surface area contributed by atoms with Gasteiger partial charge in [0.05, 0.1) is 13.2 Å². The lowest BCUT2D eigenvalue weighted by molar-refractivity contribution is 0.104. The van der Waals surface area contributed by atoms with Crippen LogP contribution in [0.5, 0.6) is 5.75 Å². The van der Waals surface area contributed by atoms with E-state index in [0.717, 1.165) is 25.5 Å². The highest BCUT2D eigenvalue weighted by molar-refractivity contribution is 5.81. The van der Waals surface area contributed by atoms with Gasteiger partial charge < -0.3 is 14.0 Å². The molecule has 2 rings (SSSR count). The van der Waals surface area contributed by atoms with Crippen molar-refractivity contribution in [2.45, 2.75) is 27.3 Å². The van der Waals surface area contributed by atoms with Crippen molar-refractivity contribution in [1.82, 2.24) is 4.57 Å². The van der Waals surface area contributed by atoms with E-state index in [4.69, 9.17) is 9.47 Å². The van der Waals surface area contributed by atoms with Gasteiger partial charge in [-0.2, -0.15) is 0 Å². The van der Waals surface area contributed by atoms with Gasteiger partial charge in [-0.1, -0.05) is 13.8 Å². The Bertz CT molecular complexity index is 516. The standard InChI is InChI=1S/C16H23NO2/c1-4-19-15-5-6-16-14(11-15)7-8-17(16)9-10-18-12-13(2)3/h5-8,11,13H,4,9-10,12H2,1-3H3. The number of rotatable bonds is 7. The zero-order valence-electron chi connectivity index (χ0n) is 12.1. The van der Waals surface area contributed by atoms with Crippen molar-refractivity contribution in [3.8, 4) is 5.75 Å². The summed E-state index contributed by atoms with van der Waals surface area (Å²) in [6, 6.07) is 8.35. The van der Waals surface area contributed by atoms with Gasteiger partial charge in [-0.25, -0.2) is 0 Å². The smallest absolute Gasteiger partial charge is 0.120 e. The Balaban J connectivity index is 2.00. The van der Waals surface area contributed by atoms with Crippen molar-refractivity contribution in [3.63, 3.8) is 0 Å². The maximum absolute atomic E-state index is 5.63. The summed E-state index contributed by atoms with van der Waals surface area (Å²) in [5.74, 6) is 1.53. The largest absolute Gasteiger partial charge is 0.494 e. The first-order valence-electron chi connectivity index (χ1n) is 7.00. The number of ether oxygens (including phenoxy) is 2. The summed E-state index contributed by atoms with van der Waals surface area (Å²) < 4.78 is 13.4. The van der Waals surface area contributed by atoms with E-state index < -0.39 is 0 Å². The van der Waals surface area contributed by atoms with Crippen LogP contribution in [0.15, 0.2) is 30.5 Å². The molecular formula is C16H23NO2. The van der Waals surface area contributed by atoms with E-state index in [1.54, 1.807) is 0 Å². The van der Waals surface area contributed by atoms with Crippen molar-refractivity contribution in [1.29, 1.82) is 0 Å². The van der Waals surface area contributed by atoms with Crippen LogP contribution in [0.4, 0.5) is 0 Å². The average molecular weight is 261 g/mol. The normalized spacial score (nSPS) is 11.4. The van der Waals surface area contributed by atoms with Crippen molar-refractivity contribution < 1.29 is 9.47 Å². The van der Waals surface area contributed by atoms with Crippen LogP contribution < -0.4 is 4.74 Å². The van der Waals surface area contributed by atoms with Gasteiger partial charge in [0.2, 0.25) is 0 Å². The molecule has 1 heterocycles. The first kappa shape index (κ1) is 13.9. The Labute approximate surface area is 115 Å². The molecule has 3 nitrogen and oxygen atoms in total. The van der Waals surface area contributed by atoms with E-state index in [1.807, 2.05) is 13.0 Å². The highest BCUT2D eigenvalue weighted by Gasteiger charge is 2.03. The number of benzene rings is 1. The molecule has 3 heteroatoms. The lowest BCUT2D eigenvalue weighted by atomic mass is 10.2. The molecular weight excluding hydrogens is 238 g/mol. The third-order valence-electron chi connectivity index (χ3n) is 2.98. The number of fused-ring (bicyclic) bond motifs is 1. The van der Waals surface area contributed by atoms with E-state index in [1.165, 1.54) is 10.9 Å². The summed E-state index contributed by atoms with van der Waals surface area (Å²) in [6.45, 7) is 9.52. The van der Waals surface area contributed by atoms with Gasteiger partial charge in [0.1, 0.15) is 5.75 Å². The van der Waals surface area contributed by atoms with Crippen LogP contribution in [-0.2, 0) is 11.3 Å². The zero-order valence-corrected chi connectivity index (χ0v) is 12.1. The Morgan fingerprint density at radius 3 is 2.79 bits per heavy atom. The molecule has 0 fully saturated rings. The van der Waals surface area contributed by atoms with Crippen LogP contribution in [0.1, 0.15) is 20.8 Å². The number of aromatic nitrogens is 1. The van der Waals surface area contributed by atoms with Gasteiger partial charge in [0, 0.05) is 30.3 Å². The minimum absolute atomic E-state index is 0.593. The third-order valence-corrected chi connectivity index (χ3v) is 2.98. The highest BCUT2D eigenvalue weighted by atomic mass is 16.5. The first-order valence-corrected chi connectivity index (χ1v) is 7.00. The highest BCUT2D eigenvalue weighted by Crippen LogP contribution is 2.22. The minimum atomic E-state index is 0.593. The maximum atomic E-state index is 5.63. The molecule has 0 radical (unpaired) electrons. The summed E-state index contributed by atoms with van der Waals surface area (Å²) in [4.78, 5) is 0. The van der Waals surface area contributed by atoms with E-state index in [2.05, 4.69) is 42.8 Å². The van der Waals surface area contributed by atoms with Gasteiger partial charge in [0.25, 0.3) is 0 Å². The van der Waals surface area contributed by atoms with Crippen LogP contribution in [0.3, 0.4) is 0 Å². The van der Waals surface area contributed by atoms with Gasteiger partial charge >= 0.3 is 0 Å². The van der Waals surface area contributed by atoms with Crippen molar-refractivity contribution in [2.24, 2.45) is 5.92 Å². The predicted molar refractivity (Wildman–Crippen MR) is 78.8 cm³/mol. The topological polar surface area (TPSA) is 23.4 Å². The van der Waals surface area contributed by atoms with Crippen LogP contribution in [0.25, 0.3) is 10.9 Å². The Morgan fingerprint density at radius 1 is 1.21 bits per heavy atom. The molecule has 0 saturated heterocycles. The van der Waals surface area contributed by atoms with Crippen molar-refractivity contribution >= 4 is 10.9 Å². The van der Waals surface area contributed by atoms with Gasteiger partial charge in [-0.15, -0.1) is 0 Å². The Morgan fingerprint density at radius 2 is 2.05 bits per heavy atom. The van der Waals surface area contributed by atoms with Gasteiger partial charge in [-0.3, -0.25) is 0 Å². The number of hydrogen-bond donors (Lipinski definition) is 0. The van der Waals surface area contributed by atoms with E-state index in [9.17, 15) is 0 Å². The second-order valence-electron chi connectivity index (χ2n) is 5.13. The molecule has 0 bridgehead atoms. The summed E-state index contributed by atoms with van der Waals surface area (Å²) in [7, 11) is 0. The molecule has 0 amide bonds. The molecule has 0 saturated carbocycles. The molecule has 0 unspecified atom stereocenters. The average Bonchev–Trinajstić information content (AvgIpc) is 2.77. The molecule has 0 aliphatic carbocycles. The fourth-order valence-corrected chi connectivity index (χ4v) is 2.11. The first-order chi connectivity index (χ1) is 9.20. The predicted octanol–water partition coefficient (Wildman–Crippen LogP) is 3.71. The van der Waals surface area contributed by atoms with Gasteiger partial charge in [0.15, 0.2) is 0 Å². The molecule has 1 aromatic carbocycles. The van der Waals surface area contributed by atoms with E-state index >= 15 is 0 Å². The molecule has 19 heavy (non-hydrogen) atoms. The van der Waals surface area contributed by atoms with Crippen LogP contribution in [0, 0.1) is 5.92 Å². The quantitative estimate of drug-likeness (QED) is 0.709. The summed E-state index contributed by atoms with van der Waals surface area (Å²) in [6.07, 6.45) is 2.11. The zero-order chi connectivity index (χ0) is 13.7. The van der Waals surface area contributed by atoms with E-state index in [-0.39, 0.29) is 0 Å². The third kappa shape index (κ3) is 3.74. The molecule has 2 aromatic rings. The number of hydrogen-bond acceptors (Lipinski definition) is 2. The molecule has 0 atom stereocenters. The lowest BCUT2D eigenvalue weighted by Crippen LogP contribution is -2.08. The SMILES string of the molecule is CCOc1ccc2c(ccn2CCOCC(C)C)c1. The molecule has 0 spiro atoms. The Hall–Kier alpha value is -1.48. The molecule has 0 aliphatic heterocycles. The van der Waals surface area contributed by atoms with Crippen molar-refractivity contribution in [3.05, 3.63) is 30.5 Å². The monoisotopic (exact) mass is 261 g/mol. The summed E-state index contributed by atoms with van der Waals surface area (Å²) in [5, 5.41) is 1.22. The summed E-state index contributed by atoms with van der Waals surface area (Å²) >= 11 is 0. The van der Waals surface area contributed by atoms with Crippen LogP contribution >= 0.6 is 0 Å². The molecule has 104 valence electrons. The van der Waals surface area contributed by atoms with Gasteiger partial charge in [-0.05, 0) is 37.1 Å². The fraction of sp³-hybridized carbons (Fsp3) is 0.500. The second kappa shape index (κ2) is 6.62. The lowest BCUT2D eigenvalue weighted by Gasteiger charge is -2.09. The second-order valence-corrected chi connectivity index (χ2v) is 5.13. The Kier molecular flexibility index (Phi) is 4.86. The van der Waals surface area contributed by atoms with Crippen LogP contribution in [0.2, 0.25) is 0 Å². The van der Waals surface area contributed by atoms with Crippen LogP contribution in [-0.4, -0.2) is 24.4 Å². The number of nitrogens with zero attached hydrogens (tertiary/aromatic N) is 1. The maximum Gasteiger partial charge on any atom is 0.120 e. The summed E-state index contributed by atoms with van der Waals surface area (Å²) in [5.41, 5.74) is 1.23.